The maximum Gasteiger partial charge on any atom is 0.243 e. The number of morpholine rings is 1. The van der Waals surface area contributed by atoms with Crippen LogP contribution in [0.5, 0.6) is 0 Å². The minimum absolute atomic E-state index is 0.0660. The molecular formula is C20H24N4O4S3. The van der Waals surface area contributed by atoms with Crippen LogP contribution in [0.15, 0.2) is 45.8 Å². The second-order valence-corrected chi connectivity index (χ2v) is 10.9. The van der Waals surface area contributed by atoms with E-state index in [2.05, 4.69) is 10.3 Å². The topological polar surface area (TPSA) is 93.5 Å². The Labute approximate surface area is 189 Å². The number of hydrogen-bond donors (Lipinski definition) is 1. The fourth-order valence-corrected chi connectivity index (χ4v) is 6.36. The van der Waals surface area contributed by atoms with Crippen molar-refractivity contribution in [1.29, 1.82) is 0 Å². The van der Waals surface area contributed by atoms with Crippen molar-refractivity contribution in [3.05, 3.63) is 40.6 Å². The molecular weight excluding hydrogens is 456 g/mol. The Hall–Kier alpha value is -1.92. The van der Waals surface area contributed by atoms with E-state index in [0.29, 0.717) is 50.1 Å². The number of carbonyl (C=O) groups is 1. The molecule has 0 aliphatic carbocycles. The first-order valence-corrected chi connectivity index (χ1v) is 13.3. The highest BCUT2D eigenvalue weighted by Gasteiger charge is 2.27. The zero-order chi connectivity index (χ0) is 21.8. The van der Waals surface area contributed by atoms with Crippen LogP contribution >= 0.6 is 23.1 Å². The monoisotopic (exact) mass is 480 g/mol. The minimum atomic E-state index is -3.58. The minimum Gasteiger partial charge on any atom is -0.379 e. The first kappa shape index (κ1) is 22.3. The number of thiophene rings is 1. The lowest BCUT2D eigenvalue weighted by Gasteiger charge is -2.26. The Morgan fingerprint density at radius 2 is 2.10 bits per heavy atom. The summed E-state index contributed by atoms with van der Waals surface area (Å²) >= 11 is 2.96. The number of ether oxygens (including phenoxy) is 1. The lowest BCUT2D eigenvalue weighted by Crippen LogP contribution is -2.40. The molecule has 1 aliphatic rings. The highest BCUT2D eigenvalue weighted by Crippen LogP contribution is 2.27. The molecule has 166 valence electrons. The van der Waals surface area contributed by atoms with Gasteiger partial charge >= 0.3 is 0 Å². The second kappa shape index (κ2) is 9.70. The predicted molar refractivity (Wildman–Crippen MR) is 122 cm³/mol. The van der Waals surface area contributed by atoms with Crippen molar-refractivity contribution >= 4 is 50.1 Å². The molecule has 4 rings (SSSR count). The molecule has 0 unspecified atom stereocenters. The number of thioether (sulfide) groups is 1. The number of benzene rings is 1. The van der Waals surface area contributed by atoms with E-state index in [-0.39, 0.29) is 16.6 Å². The van der Waals surface area contributed by atoms with Gasteiger partial charge in [-0.25, -0.2) is 13.4 Å². The molecule has 0 bridgehead atoms. The summed E-state index contributed by atoms with van der Waals surface area (Å²) < 4.78 is 34.6. The molecule has 1 fully saturated rings. The summed E-state index contributed by atoms with van der Waals surface area (Å²) in [4.78, 5) is 18.2. The summed E-state index contributed by atoms with van der Waals surface area (Å²) in [6.45, 7) is 4.70. The maximum absolute atomic E-state index is 13.0. The van der Waals surface area contributed by atoms with Gasteiger partial charge in [0.25, 0.3) is 0 Å². The van der Waals surface area contributed by atoms with E-state index in [0.717, 1.165) is 10.4 Å². The van der Waals surface area contributed by atoms with Gasteiger partial charge in [-0.2, -0.15) is 4.31 Å². The third kappa shape index (κ3) is 4.96. The zero-order valence-electron chi connectivity index (χ0n) is 17.1. The van der Waals surface area contributed by atoms with Crippen LogP contribution in [0.3, 0.4) is 0 Å². The number of rotatable bonds is 8. The number of fused-ring (bicyclic) bond motifs is 1. The number of sulfonamides is 1. The predicted octanol–water partition coefficient (Wildman–Crippen LogP) is 2.55. The van der Waals surface area contributed by atoms with E-state index in [1.54, 1.807) is 29.5 Å². The zero-order valence-corrected chi connectivity index (χ0v) is 19.6. The van der Waals surface area contributed by atoms with Crippen molar-refractivity contribution in [1.82, 2.24) is 19.2 Å². The summed E-state index contributed by atoms with van der Waals surface area (Å²) in [6, 6.07) is 8.98. The van der Waals surface area contributed by atoms with Crippen LogP contribution in [0.25, 0.3) is 11.0 Å². The molecule has 3 aromatic rings. The molecule has 1 saturated heterocycles. The third-order valence-electron chi connectivity index (χ3n) is 4.98. The van der Waals surface area contributed by atoms with E-state index < -0.39 is 10.0 Å². The van der Waals surface area contributed by atoms with Gasteiger partial charge < -0.3 is 14.6 Å². The van der Waals surface area contributed by atoms with Crippen LogP contribution in [0.1, 0.15) is 11.8 Å². The smallest absolute Gasteiger partial charge is 0.243 e. The molecule has 0 atom stereocenters. The van der Waals surface area contributed by atoms with Gasteiger partial charge in [0.2, 0.25) is 15.9 Å². The fourth-order valence-electron chi connectivity index (χ4n) is 3.38. The summed E-state index contributed by atoms with van der Waals surface area (Å²) in [7, 11) is -3.58. The standard InChI is InChI=1S/C20H24N4O4S3/c1-2-24-18-6-5-16(31(26,27)23-7-9-28-10-8-23)12-17(18)22-20(24)30-14-19(25)21-13-15-4-3-11-29-15/h3-6,11-12H,2,7-10,13-14H2,1H3,(H,21,25). The molecule has 0 saturated carbocycles. The average molecular weight is 481 g/mol. The molecule has 2 aromatic heterocycles. The Bertz CT molecular complexity index is 1150. The average Bonchev–Trinajstić information content (AvgIpc) is 3.43. The van der Waals surface area contributed by atoms with Crippen molar-refractivity contribution in [3.63, 3.8) is 0 Å². The van der Waals surface area contributed by atoms with E-state index in [1.165, 1.54) is 16.1 Å². The molecule has 3 heterocycles. The number of carbonyl (C=O) groups excluding carboxylic acids is 1. The van der Waals surface area contributed by atoms with Gasteiger partial charge in [-0.1, -0.05) is 17.8 Å². The summed E-state index contributed by atoms with van der Waals surface area (Å²) in [5, 5.41) is 5.59. The number of aromatic nitrogens is 2. The molecule has 1 amide bonds. The Balaban J connectivity index is 1.49. The normalized spacial score (nSPS) is 15.4. The first-order chi connectivity index (χ1) is 15.0. The lowest BCUT2D eigenvalue weighted by molar-refractivity contribution is -0.118. The summed E-state index contributed by atoms with van der Waals surface area (Å²) in [5.74, 6) is 0.178. The molecule has 0 spiro atoms. The van der Waals surface area contributed by atoms with Gasteiger partial charge in [0, 0.05) is 24.5 Å². The second-order valence-electron chi connectivity index (χ2n) is 6.95. The maximum atomic E-state index is 13.0. The van der Waals surface area contributed by atoms with Gasteiger partial charge in [-0.05, 0) is 36.6 Å². The van der Waals surface area contributed by atoms with Gasteiger partial charge in [0.1, 0.15) is 0 Å². The van der Waals surface area contributed by atoms with Gasteiger partial charge in [-0.3, -0.25) is 4.79 Å². The molecule has 31 heavy (non-hydrogen) atoms. The summed E-state index contributed by atoms with van der Waals surface area (Å²) in [6.07, 6.45) is 0. The molecule has 0 radical (unpaired) electrons. The van der Waals surface area contributed by atoms with Crippen LogP contribution in [0, 0.1) is 0 Å². The quantitative estimate of drug-likeness (QED) is 0.498. The van der Waals surface area contributed by atoms with E-state index in [1.807, 2.05) is 29.0 Å². The molecule has 1 N–H and O–H groups in total. The van der Waals surface area contributed by atoms with Crippen molar-refractivity contribution in [2.75, 3.05) is 32.1 Å². The number of nitrogens with one attached hydrogen (secondary N) is 1. The number of hydrogen-bond acceptors (Lipinski definition) is 7. The first-order valence-electron chi connectivity index (χ1n) is 9.99. The van der Waals surface area contributed by atoms with Crippen LogP contribution in [-0.2, 0) is 32.6 Å². The molecule has 11 heteroatoms. The van der Waals surface area contributed by atoms with Gasteiger partial charge in [0.05, 0.1) is 41.4 Å². The SMILES string of the molecule is CCn1c(SCC(=O)NCc2cccs2)nc2cc(S(=O)(=O)N3CCOCC3)ccc21. The van der Waals surface area contributed by atoms with Crippen LogP contribution in [0.4, 0.5) is 0 Å². The fraction of sp³-hybridized carbons (Fsp3) is 0.400. The van der Waals surface area contributed by atoms with E-state index >= 15 is 0 Å². The van der Waals surface area contributed by atoms with Crippen molar-refractivity contribution in [2.45, 2.75) is 30.1 Å². The Morgan fingerprint density at radius 1 is 1.29 bits per heavy atom. The molecule has 1 aromatic carbocycles. The van der Waals surface area contributed by atoms with Crippen LogP contribution in [0.2, 0.25) is 0 Å². The number of amides is 1. The Morgan fingerprint density at radius 3 is 2.81 bits per heavy atom. The molecule has 1 aliphatic heterocycles. The highest BCUT2D eigenvalue weighted by molar-refractivity contribution is 7.99. The van der Waals surface area contributed by atoms with Gasteiger partial charge in [0.15, 0.2) is 5.16 Å². The van der Waals surface area contributed by atoms with E-state index in [9.17, 15) is 13.2 Å². The Kier molecular flexibility index (Phi) is 6.97. The van der Waals surface area contributed by atoms with E-state index in [4.69, 9.17) is 4.74 Å². The van der Waals surface area contributed by atoms with Crippen molar-refractivity contribution in [3.8, 4) is 0 Å². The van der Waals surface area contributed by atoms with Crippen molar-refractivity contribution < 1.29 is 17.9 Å². The lowest BCUT2D eigenvalue weighted by atomic mass is 10.3. The number of aryl methyl sites for hydroxylation is 1. The molecule has 8 nitrogen and oxygen atoms in total. The van der Waals surface area contributed by atoms with Crippen molar-refractivity contribution in [2.24, 2.45) is 0 Å². The number of imidazole rings is 1. The highest BCUT2D eigenvalue weighted by atomic mass is 32.2. The third-order valence-corrected chi connectivity index (χ3v) is 8.73. The number of nitrogens with zero attached hydrogens (tertiary/aromatic N) is 3. The summed E-state index contributed by atoms with van der Waals surface area (Å²) in [5.41, 5.74) is 1.46. The van der Waals surface area contributed by atoms with Crippen LogP contribution in [-0.4, -0.2) is 60.2 Å². The van der Waals surface area contributed by atoms with Gasteiger partial charge in [-0.15, -0.1) is 11.3 Å². The largest absolute Gasteiger partial charge is 0.379 e. The van der Waals surface area contributed by atoms with Crippen LogP contribution < -0.4 is 5.32 Å².